The average molecular weight is 279 g/mol. The maximum atomic E-state index is 12.1. The summed E-state index contributed by atoms with van der Waals surface area (Å²) in [7, 11) is 0. The summed E-state index contributed by atoms with van der Waals surface area (Å²) in [5.41, 5.74) is 0.0531. The zero-order valence-electron chi connectivity index (χ0n) is 8.28. The molecule has 6 heteroatoms. The fourth-order valence-corrected chi connectivity index (χ4v) is 3.59. The average Bonchev–Trinajstić information content (AvgIpc) is 2.69. The summed E-state index contributed by atoms with van der Waals surface area (Å²) in [6.07, 6.45) is 3.37. The Bertz CT molecular complexity index is 640. The standard InChI is InChI=1S/C10H8N4OSe/c15-10-8-3-1-2-4-9(8)16-14(10)13-6-5-11-12-7-13/h1-6H,7H2. The Kier molecular flexibility index (Phi) is 2.23. The van der Waals surface area contributed by atoms with Crippen LogP contribution >= 0.6 is 0 Å². The van der Waals surface area contributed by atoms with Gasteiger partial charge < -0.3 is 0 Å². The van der Waals surface area contributed by atoms with Gasteiger partial charge >= 0.3 is 97.0 Å². The minimum atomic E-state index is 0.00484. The van der Waals surface area contributed by atoms with Crippen molar-refractivity contribution in [2.45, 2.75) is 0 Å². The Morgan fingerprint density at radius 2 is 2.19 bits per heavy atom. The summed E-state index contributed by atoms with van der Waals surface area (Å²) >= 11 is 0.00484. The number of aromatic nitrogens is 1. The molecular weight excluding hydrogens is 271 g/mol. The second-order valence-corrected chi connectivity index (χ2v) is 5.33. The third-order valence-electron chi connectivity index (χ3n) is 2.30. The Morgan fingerprint density at radius 1 is 1.31 bits per heavy atom. The quantitative estimate of drug-likeness (QED) is 0.728. The van der Waals surface area contributed by atoms with Crippen molar-refractivity contribution in [1.82, 2.24) is 3.67 Å². The molecule has 5 nitrogen and oxygen atoms in total. The van der Waals surface area contributed by atoms with Gasteiger partial charge in [0.2, 0.25) is 0 Å². The molecule has 0 radical (unpaired) electrons. The van der Waals surface area contributed by atoms with Crippen molar-refractivity contribution in [1.29, 1.82) is 0 Å². The predicted molar refractivity (Wildman–Crippen MR) is 62.2 cm³/mol. The fourth-order valence-electron chi connectivity index (χ4n) is 1.55. The second-order valence-electron chi connectivity index (χ2n) is 3.30. The van der Waals surface area contributed by atoms with E-state index in [0.29, 0.717) is 6.67 Å². The molecule has 0 bridgehead atoms. The van der Waals surface area contributed by atoms with Gasteiger partial charge in [-0.2, -0.15) is 0 Å². The normalized spacial score (nSPS) is 14.9. The van der Waals surface area contributed by atoms with Gasteiger partial charge in [0.25, 0.3) is 0 Å². The van der Waals surface area contributed by atoms with E-state index in [1.165, 1.54) is 0 Å². The number of rotatable bonds is 1. The monoisotopic (exact) mass is 280 g/mol. The van der Waals surface area contributed by atoms with Crippen LogP contribution in [-0.4, -0.2) is 25.1 Å². The van der Waals surface area contributed by atoms with Crippen LogP contribution in [0.2, 0.25) is 0 Å². The molecular formula is C10H8N4OSe. The van der Waals surface area contributed by atoms with Crippen LogP contribution in [0.5, 0.6) is 0 Å². The molecule has 0 saturated heterocycles. The molecule has 0 unspecified atom stereocenters. The molecule has 0 aliphatic carbocycles. The van der Waals surface area contributed by atoms with Crippen LogP contribution in [0.1, 0.15) is 0 Å². The molecule has 3 rings (SSSR count). The number of fused-ring (bicyclic) bond motifs is 1. The van der Waals surface area contributed by atoms with E-state index in [0.717, 1.165) is 9.65 Å². The molecule has 1 aliphatic heterocycles. The molecule has 0 atom stereocenters. The molecule has 2 aromatic rings. The van der Waals surface area contributed by atoms with E-state index in [4.69, 9.17) is 0 Å². The molecule has 0 amide bonds. The molecule has 2 heterocycles. The van der Waals surface area contributed by atoms with Crippen molar-refractivity contribution in [3.05, 3.63) is 47.0 Å². The minimum absolute atomic E-state index is 0.00484. The number of hydrogen-bond acceptors (Lipinski definition) is 4. The van der Waals surface area contributed by atoms with Crippen LogP contribution in [-0.2, 0) is 0 Å². The van der Waals surface area contributed by atoms with Crippen LogP contribution in [0, 0.1) is 0 Å². The van der Waals surface area contributed by atoms with Crippen molar-refractivity contribution in [3.63, 3.8) is 0 Å². The van der Waals surface area contributed by atoms with Crippen molar-refractivity contribution in [2.24, 2.45) is 10.2 Å². The summed E-state index contributed by atoms with van der Waals surface area (Å²) in [6.45, 7) is 0.415. The van der Waals surface area contributed by atoms with E-state index in [1.807, 2.05) is 24.3 Å². The topological polar surface area (TPSA) is 50.0 Å². The van der Waals surface area contributed by atoms with Gasteiger partial charge in [-0.3, -0.25) is 0 Å². The number of benzene rings is 1. The first-order valence-corrected chi connectivity index (χ1v) is 6.40. The Labute approximate surface area is 97.3 Å². The Balaban J connectivity index is 2.17. The molecule has 16 heavy (non-hydrogen) atoms. The van der Waals surface area contributed by atoms with Gasteiger partial charge in [0, 0.05) is 0 Å². The van der Waals surface area contributed by atoms with Gasteiger partial charge in [0.15, 0.2) is 0 Å². The molecule has 0 spiro atoms. The summed E-state index contributed by atoms with van der Waals surface area (Å²) < 4.78 is 2.86. The molecule has 1 aliphatic rings. The van der Waals surface area contributed by atoms with Crippen LogP contribution < -0.4 is 10.6 Å². The van der Waals surface area contributed by atoms with E-state index in [1.54, 1.807) is 21.1 Å². The molecule has 1 aromatic carbocycles. The van der Waals surface area contributed by atoms with Crippen molar-refractivity contribution in [3.8, 4) is 0 Å². The van der Waals surface area contributed by atoms with Gasteiger partial charge in [-0.1, -0.05) is 0 Å². The second kappa shape index (κ2) is 3.73. The third kappa shape index (κ3) is 1.43. The zero-order valence-corrected chi connectivity index (χ0v) is 9.99. The maximum absolute atomic E-state index is 12.1. The first-order valence-electron chi connectivity index (χ1n) is 4.77. The summed E-state index contributed by atoms with van der Waals surface area (Å²) in [5, 5.41) is 10.2. The molecule has 1 aromatic heterocycles. The molecule has 0 fully saturated rings. The van der Waals surface area contributed by atoms with E-state index < -0.39 is 0 Å². The van der Waals surface area contributed by atoms with E-state index in [9.17, 15) is 4.79 Å². The summed E-state index contributed by atoms with van der Waals surface area (Å²) in [5.74, 6) is 0. The van der Waals surface area contributed by atoms with Crippen molar-refractivity contribution in [2.75, 3.05) is 11.7 Å². The van der Waals surface area contributed by atoms with Crippen molar-refractivity contribution < 1.29 is 0 Å². The Morgan fingerprint density at radius 3 is 2.94 bits per heavy atom. The summed E-state index contributed by atoms with van der Waals surface area (Å²) in [6, 6.07) is 7.72. The van der Waals surface area contributed by atoms with Gasteiger partial charge in [0.1, 0.15) is 0 Å². The first-order chi connectivity index (χ1) is 7.86. The van der Waals surface area contributed by atoms with Gasteiger partial charge in [0.05, 0.1) is 0 Å². The van der Waals surface area contributed by atoms with Crippen LogP contribution in [0.25, 0.3) is 9.65 Å². The summed E-state index contributed by atoms with van der Waals surface area (Å²) in [4.78, 5) is 12.1. The van der Waals surface area contributed by atoms with Crippen LogP contribution in [0.3, 0.4) is 0 Å². The number of nitrogens with zero attached hydrogens (tertiary/aromatic N) is 4. The van der Waals surface area contributed by atoms with E-state index in [-0.39, 0.29) is 20.3 Å². The van der Waals surface area contributed by atoms with Crippen LogP contribution in [0.4, 0.5) is 0 Å². The fraction of sp³-hybridized carbons (Fsp3) is 0.100. The first kappa shape index (κ1) is 9.57. The molecule has 0 saturated carbocycles. The third-order valence-corrected chi connectivity index (χ3v) is 4.61. The van der Waals surface area contributed by atoms with Gasteiger partial charge in [-0.05, 0) is 0 Å². The number of hydrogen-bond donors (Lipinski definition) is 0. The van der Waals surface area contributed by atoms with Crippen LogP contribution in [0.15, 0.2) is 51.7 Å². The van der Waals surface area contributed by atoms with Crippen molar-refractivity contribution >= 4 is 24.4 Å². The van der Waals surface area contributed by atoms with Gasteiger partial charge in [-0.25, -0.2) is 0 Å². The van der Waals surface area contributed by atoms with Gasteiger partial charge in [-0.15, -0.1) is 0 Å². The molecule has 0 N–H and O–H groups in total. The Hall–Kier alpha value is -1.65. The SMILES string of the molecule is O=c1c2ccccc2[se]n1N1C=CN=NC1. The molecule has 80 valence electrons. The van der Waals surface area contributed by atoms with E-state index in [2.05, 4.69) is 10.2 Å². The number of azo groups is 1. The zero-order chi connectivity index (χ0) is 11.0. The van der Waals surface area contributed by atoms with E-state index >= 15 is 0 Å². The predicted octanol–water partition coefficient (Wildman–Crippen LogP) is 0.891.